The zero-order chi connectivity index (χ0) is 14.7. The van der Waals surface area contributed by atoms with Crippen LogP contribution in [0.5, 0.6) is 5.88 Å². The summed E-state index contributed by atoms with van der Waals surface area (Å²) in [5.74, 6) is -0.801. The molecule has 0 fully saturated rings. The maximum absolute atomic E-state index is 14.2. The van der Waals surface area contributed by atoms with E-state index in [1.54, 1.807) is 0 Å². The molecule has 0 saturated carbocycles. The first kappa shape index (κ1) is 14.2. The average molecular weight is 286 g/mol. The molecule has 1 aromatic carbocycles. The number of nitrogens with zero attached hydrogens (tertiary/aromatic N) is 2. The van der Waals surface area contributed by atoms with Gasteiger partial charge in [0.15, 0.2) is 6.17 Å². The minimum atomic E-state index is -2.88. The van der Waals surface area contributed by atoms with Crippen LogP contribution in [0.4, 0.5) is 17.6 Å². The minimum Gasteiger partial charge on any atom is -0.481 e. The van der Waals surface area contributed by atoms with E-state index in [1.165, 1.54) is 13.2 Å². The van der Waals surface area contributed by atoms with Gasteiger partial charge in [0, 0.05) is 11.6 Å². The summed E-state index contributed by atoms with van der Waals surface area (Å²) < 4.78 is 57.5. The number of alkyl halides is 3. The fourth-order valence-corrected chi connectivity index (χ4v) is 1.68. The van der Waals surface area contributed by atoms with Gasteiger partial charge in [-0.1, -0.05) is 0 Å². The third kappa shape index (κ3) is 3.04. The molecule has 0 saturated heterocycles. The highest BCUT2D eigenvalue weighted by atomic mass is 19.3. The first-order valence-corrected chi connectivity index (χ1v) is 5.60. The van der Waals surface area contributed by atoms with Gasteiger partial charge in [0.2, 0.25) is 5.88 Å². The zero-order valence-electron chi connectivity index (χ0n) is 10.4. The van der Waals surface area contributed by atoms with Gasteiger partial charge in [0.05, 0.1) is 12.8 Å². The summed E-state index contributed by atoms with van der Waals surface area (Å²) in [6.07, 6.45) is -3.65. The molecule has 1 heterocycles. The molecule has 7 heteroatoms. The molecule has 3 nitrogen and oxygen atoms in total. The molecule has 1 atom stereocenters. The monoisotopic (exact) mass is 286 g/mol. The van der Waals surface area contributed by atoms with Gasteiger partial charge in [-0.3, -0.25) is 0 Å². The molecule has 0 radical (unpaired) electrons. The van der Waals surface area contributed by atoms with E-state index in [9.17, 15) is 17.6 Å². The van der Waals surface area contributed by atoms with Gasteiger partial charge in [-0.15, -0.1) is 0 Å². The van der Waals surface area contributed by atoms with Crippen molar-refractivity contribution in [3.8, 4) is 5.88 Å². The quantitative estimate of drug-likeness (QED) is 0.805. The number of benzene rings is 1. The van der Waals surface area contributed by atoms with Crippen LogP contribution in [-0.4, -0.2) is 17.1 Å². The molecular weight excluding hydrogens is 276 g/mol. The van der Waals surface area contributed by atoms with E-state index in [2.05, 4.69) is 9.97 Å². The summed E-state index contributed by atoms with van der Waals surface area (Å²) in [6, 6.07) is 3.65. The molecule has 0 aliphatic heterocycles. The number of rotatable bonds is 4. The van der Waals surface area contributed by atoms with Crippen molar-refractivity contribution < 1.29 is 22.3 Å². The second kappa shape index (κ2) is 5.85. The number of hydrogen-bond acceptors (Lipinski definition) is 3. The second-order valence-corrected chi connectivity index (χ2v) is 3.97. The van der Waals surface area contributed by atoms with E-state index in [4.69, 9.17) is 4.74 Å². The number of aromatic nitrogens is 2. The lowest BCUT2D eigenvalue weighted by molar-refractivity contribution is 0.150. The van der Waals surface area contributed by atoms with Crippen molar-refractivity contribution in [2.45, 2.75) is 12.6 Å². The van der Waals surface area contributed by atoms with E-state index < -0.39 is 24.0 Å². The molecule has 0 spiro atoms. The van der Waals surface area contributed by atoms with Gasteiger partial charge >= 0.3 is 0 Å². The third-order valence-corrected chi connectivity index (χ3v) is 2.62. The minimum absolute atomic E-state index is 0.0948. The molecule has 20 heavy (non-hydrogen) atoms. The average Bonchev–Trinajstić information content (AvgIpc) is 2.45. The number of hydrogen-bond donors (Lipinski definition) is 0. The van der Waals surface area contributed by atoms with E-state index >= 15 is 0 Å². The molecule has 0 aliphatic carbocycles. The van der Waals surface area contributed by atoms with Crippen LogP contribution in [0.25, 0.3) is 0 Å². The van der Waals surface area contributed by atoms with Gasteiger partial charge in [-0.25, -0.2) is 27.5 Å². The van der Waals surface area contributed by atoms with Crippen LogP contribution in [0.3, 0.4) is 0 Å². The Morgan fingerprint density at radius 3 is 2.35 bits per heavy atom. The van der Waals surface area contributed by atoms with Crippen molar-refractivity contribution >= 4 is 0 Å². The van der Waals surface area contributed by atoms with Crippen LogP contribution in [0.15, 0.2) is 30.6 Å². The SMILES string of the molecule is COc1cc(C(F)c2cc(F)cc(C(F)F)c2)ncn1. The molecular formula is C13H10F4N2O. The maximum atomic E-state index is 14.2. The molecule has 0 bridgehead atoms. The van der Waals surface area contributed by atoms with Gasteiger partial charge in [0.1, 0.15) is 12.1 Å². The summed E-state index contributed by atoms with van der Waals surface area (Å²) in [5.41, 5.74) is -0.910. The van der Waals surface area contributed by atoms with Gasteiger partial charge in [0.25, 0.3) is 6.43 Å². The highest BCUT2D eigenvalue weighted by molar-refractivity contribution is 5.32. The first-order valence-electron chi connectivity index (χ1n) is 5.60. The van der Waals surface area contributed by atoms with Gasteiger partial charge < -0.3 is 4.74 Å². The van der Waals surface area contributed by atoms with Gasteiger partial charge in [-0.05, 0) is 23.8 Å². The van der Waals surface area contributed by atoms with E-state index in [0.717, 1.165) is 18.5 Å². The predicted molar refractivity (Wildman–Crippen MR) is 62.9 cm³/mol. The van der Waals surface area contributed by atoms with Crippen molar-refractivity contribution in [3.63, 3.8) is 0 Å². The van der Waals surface area contributed by atoms with E-state index in [-0.39, 0.29) is 17.1 Å². The Labute approximate surface area is 112 Å². The summed E-state index contributed by atoms with van der Waals surface area (Å²) in [7, 11) is 1.34. The van der Waals surface area contributed by atoms with Crippen LogP contribution in [0, 0.1) is 5.82 Å². The number of halogens is 4. The molecule has 0 N–H and O–H groups in total. The number of methoxy groups -OCH3 is 1. The van der Waals surface area contributed by atoms with Crippen molar-refractivity contribution in [2.75, 3.05) is 7.11 Å². The molecule has 2 aromatic rings. The van der Waals surface area contributed by atoms with E-state index in [0.29, 0.717) is 6.07 Å². The molecule has 1 unspecified atom stereocenters. The largest absolute Gasteiger partial charge is 0.481 e. The smallest absolute Gasteiger partial charge is 0.263 e. The van der Waals surface area contributed by atoms with Gasteiger partial charge in [-0.2, -0.15) is 0 Å². The normalized spacial score (nSPS) is 12.5. The van der Waals surface area contributed by atoms with Crippen LogP contribution in [-0.2, 0) is 0 Å². The fraction of sp³-hybridized carbons (Fsp3) is 0.231. The lowest BCUT2D eigenvalue weighted by atomic mass is 10.0. The summed E-state index contributed by atoms with van der Waals surface area (Å²) in [6.45, 7) is 0. The Bertz CT molecular complexity index is 607. The predicted octanol–water partition coefficient (Wildman–Crippen LogP) is 3.62. The third-order valence-electron chi connectivity index (χ3n) is 2.62. The van der Waals surface area contributed by atoms with Crippen molar-refractivity contribution in [1.82, 2.24) is 9.97 Å². The van der Waals surface area contributed by atoms with Crippen molar-refractivity contribution in [3.05, 3.63) is 53.2 Å². The Hall–Kier alpha value is -2.18. The first-order chi connectivity index (χ1) is 9.51. The molecule has 2 rings (SSSR count). The Kier molecular flexibility index (Phi) is 4.16. The fourth-order valence-electron chi connectivity index (χ4n) is 1.68. The lowest BCUT2D eigenvalue weighted by Crippen LogP contribution is -2.01. The highest BCUT2D eigenvalue weighted by Gasteiger charge is 2.19. The molecule has 1 aromatic heterocycles. The molecule has 0 amide bonds. The maximum Gasteiger partial charge on any atom is 0.263 e. The summed E-state index contributed by atoms with van der Waals surface area (Å²) >= 11 is 0. The topological polar surface area (TPSA) is 35.0 Å². The van der Waals surface area contributed by atoms with Crippen LogP contribution in [0.2, 0.25) is 0 Å². The van der Waals surface area contributed by atoms with Crippen molar-refractivity contribution in [2.24, 2.45) is 0 Å². The Balaban J connectivity index is 2.39. The van der Waals surface area contributed by atoms with Crippen LogP contribution in [0.1, 0.15) is 29.4 Å². The van der Waals surface area contributed by atoms with Crippen molar-refractivity contribution in [1.29, 1.82) is 0 Å². The zero-order valence-corrected chi connectivity index (χ0v) is 10.4. The Morgan fingerprint density at radius 2 is 1.70 bits per heavy atom. The lowest BCUT2D eigenvalue weighted by Gasteiger charge is -2.11. The van der Waals surface area contributed by atoms with Crippen LogP contribution < -0.4 is 4.74 Å². The van der Waals surface area contributed by atoms with E-state index in [1.807, 2.05) is 0 Å². The highest BCUT2D eigenvalue weighted by Crippen LogP contribution is 2.30. The standard InChI is InChI=1S/C13H10F4N2O/c1-20-11-5-10(18-6-19-11)12(15)7-2-8(13(16)17)4-9(14)3-7/h2-6,12-13H,1H3. The summed E-state index contributed by atoms with van der Waals surface area (Å²) in [4.78, 5) is 7.39. The second-order valence-electron chi connectivity index (χ2n) is 3.97. The Morgan fingerprint density at radius 1 is 1.00 bits per heavy atom. The molecule has 0 aliphatic rings. The van der Waals surface area contributed by atoms with Crippen LogP contribution >= 0.6 is 0 Å². The molecule has 106 valence electrons. The number of ether oxygens (including phenoxy) is 1. The summed E-state index contributed by atoms with van der Waals surface area (Å²) in [5, 5.41) is 0.